The molecule has 2 aliphatic heterocycles. The van der Waals surface area contributed by atoms with Crippen LogP contribution in [0.4, 0.5) is 11.4 Å². The van der Waals surface area contributed by atoms with Crippen molar-refractivity contribution in [3.63, 3.8) is 0 Å². The number of nitrogens with one attached hydrogen (secondary N) is 2. The molecule has 4 rings (SSSR count). The van der Waals surface area contributed by atoms with Gasteiger partial charge in [0.1, 0.15) is 0 Å². The molecule has 4 nitrogen and oxygen atoms in total. The predicted octanol–water partition coefficient (Wildman–Crippen LogP) is 5.91. The van der Waals surface area contributed by atoms with Crippen LogP contribution in [0.2, 0.25) is 10.0 Å². The molecule has 0 aromatic heterocycles. The first-order valence-electron chi connectivity index (χ1n) is 6.86. The number of nitrogens with zero attached hydrogens (tertiary/aromatic N) is 2. The average molecular weight is 413 g/mol. The highest BCUT2D eigenvalue weighted by molar-refractivity contribution is 9.21. The number of rotatable bonds is 2. The van der Waals surface area contributed by atoms with Crippen LogP contribution in [0.15, 0.2) is 58.5 Å². The lowest BCUT2D eigenvalue weighted by atomic mass is 10.3. The van der Waals surface area contributed by atoms with Gasteiger partial charge in [0.25, 0.3) is 0 Å². The molecule has 2 heterocycles. The minimum absolute atomic E-state index is 0.119. The van der Waals surface area contributed by atoms with Gasteiger partial charge in [-0.1, -0.05) is 23.2 Å². The van der Waals surface area contributed by atoms with Gasteiger partial charge in [-0.15, -0.1) is 0 Å². The van der Waals surface area contributed by atoms with Crippen LogP contribution in [0.3, 0.4) is 0 Å². The maximum Gasteiger partial charge on any atom is 0.203 e. The van der Waals surface area contributed by atoms with Gasteiger partial charge < -0.3 is 10.6 Å². The van der Waals surface area contributed by atoms with Crippen molar-refractivity contribution < 1.29 is 0 Å². The van der Waals surface area contributed by atoms with E-state index in [4.69, 9.17) is 23.2 Å². The molecule has 0 radical (unpaired) electrons. The van der Waals surface area contributed by atoms with Crippen LogP contribution in [-0.2, 0) is 0 Å². The van der Waals surface area contributed by atoms with E-state index in [1.54, 1.807) is 21.6 Å². The van der Waals surface area contributed by atoms with Crippen molar-refractivity contribution in [3.8, 4) is 0 Å². The van der Waals surface area contributed by atoms with E-state index in [2.05, 4.69) is 20.6 Å². The van der Waals surface area contributed by atoms with Crippen molar-refractivity contribution >= 4 is 80.2 Å². The summed E-state index contributed by atoms with van der Waals surface area (Å²) in [6.45, 7) is 0. The van der Waals surface area contributed by atoms with E-state index in [0.29, 0.717) is 10.0 Å². The van der Waals surface area contributed by atoms with Gasteiger partial charge in [-0.05, 0) is 78.7 Å². The second-order valence-electron chi connectivity index (χ2n) is 4.78. The van der Waals surface area contributed by atoms with Crippen molar-refractivity contribution in [2.24, 2.45) is 9.98 Å². The van der Waals surface area contributed by atoms with E-state index in [-0.39, 0.29) is 8.55 Å². The molecule has 0 spiro atoms. The van der Waals surface area contributed by atoms with Crippen molar-refractivity contribution in [3.05, 3.63) is 58.6 Å². The third kappa shape index (κ3) is 3.75. The fourth-order valence-electron chi connectivity index (χ4n) is 1.96. The summed E-state index contributed by atoms with van der Waals surface area (Å²) in [5.41, 5.74) is 1.93. The van der Waals surface area contributed by atoms with Gasteiger partial charge in [-0.3, -0.25) is 0 Å². The van der Waals surface area contributed by atoms with E-state index in [9.17, 15) is 0 Å². The Morgan fingerprint density at radius 3 is 1.50 bits per heavy atom. The summed E-state index contributed by atoms with van der Waals surface area (Å²) in [5, 5.41) is 10.6. The first-order chi connectivity index (χ1) is 11.7. The normalized spacial score (nSPS) is 16.7. The van der Waals surface area contributed by atoms with E-state index in [1.165, 1.54) is 0 Å². The first-order valence-corrected chi connectivity index (χ1v) is 11.5. The van der Waals surface area contributed by atoms with Gasteiger partial charge in [-0.25, -0.2) is 0 Å². The number of benzene rings is 2. The lowest BCUT2D eigenvalue weighted by Gasteiger charge is -2.08. The molecule has 2 aromatic rings. The highest BCUT2D eigenvalue weighted by Gasteiger charge is 2.26. The Kier molecular flexibility index (Phi) is 4.78. The van der Waals surface area contributed by atoms with E-state index >= 15 is 0 Å². The second-order valence-corrected chi connectivity index (χ2v) is 11.2. The van der Waals surface area contributed by atoms with Crippen LogP contribution in [0, 0.1) is 0 Å². The maximum absolute atomic E-state index is 5.90. The number of hydrogen-bond acceptors (Lipinski definition) is 6. The molecule has 0 bridgehead atoms. The Hall–Kier alpha value is -1.12. The molecule has 2 N–H and O–H groups in total. The number of anilines is 2. The van der Waals surface area contributed by atoms with Crippen LogP contribution in [0.25, 0.3) is 0 Å². The highest BCUT2D eigenvalue weighted by Crippen LogP contribution is 2.53. The minimum atomic E-state index is -0.119. The standard InChI is InChI=1S/C15H10Cl2N4S3/c16-9-1-5-11(6-2-9)18-13-20-15-21-14(23-24(15)22-13)19-12-7-3-10(17)4-8-12/h1-8H,(H,18,20)(H,19,21). The number of aliphatic imine (C=N–C) groups is 2. The third-order valence-corrected chi connectivity index (χ3v) is 9.01. The molecule has 9 heteroatoms. The minimum Gasteiger partial charge on any atom is -0.334 e. The molecule has 0 unspecified atom stereocenters. The quantitative estimate of drug-likeness (QED) is 0.475. The van der Waals surface area contributed by atoms with E-state index in [1.807, 2.05) is 48.5 Å². The van der Waals surface area contributed by atoms with Crippen LogP contribution in [0.5, 0.6) is 0 Å². The van der Waals surface area contributed by atoms with E-state index in [0.717, 1.165) is 26.8 Å². The lowest BCUT2D eigenvalue weighted by molar-refractivity contribution is 1.57. The van der Waals surface area contributed by atoms with Crippen molar-refractivity contribution in [1.82, 2.24) is 0 Å². The van der Waals surface area contributed by atoms with Crippen LogP contribution in [-0.4, -0.2) is 15.4 Å². The van der Waals surface area contributed by atoms with Crippen molar-refractivity contribution in [2.45, 2.75) is 0 Å². The molecule has 0 fully saturated rings. The summed E-state index contributed by atoms with van der Waals surface area (Å²) in [4.78, 5) is 9.14. The molecular weight excluding hydrogens is 403 g/mol. The Morgan fingerprint density at radius 2 is 1.12 bits per heavy atom. The van der Waals surface area contributed by atoms with Gasteiger partial charge in [0.05, 0.1) is 0 Å². The van der Waals surface area contributed by atoms with Gasteiger partial charge in [-0.2, -0.15) is 9.98 Å². The Labute approximate surface area is 158 Å². The zero-order chi connectivity index (χ0) is 16.5. The molecule has 0 amide bonds. The van der Waals surface area contributed by atoms with Crippen LogP contribution < -0.4 is 10.6 Å². The summed E-state index contributed by atoms with van der Waals surface area (Å²) in [6, 6.07) is 15.1. The Bertz CT molecular complexity index is 805. The predicted molar refractivity (Wildman–Crippen MR) is 113 cm³/mol. The molecule has 24 heavy (non-hydrogen) atoms. The Morgan fingerprint density at radius 1 is 0.708 bits per heavy atom. The zero-order valence-corrected chi connectivity index (χ0v) is 16.0. The van der Waals surface area contributed by atoms with Gasteiger partial charge in [0.2, 0.25) is 5.11 Å². The first kappa shape index (κ1) is 16.4. The molecule has 0 atom stereocenters. The summed E-state index contributed by atoms with van der Waals surface area (Å²) in [7, 11) is 3.24. The number of amidine groups is 2. The topological polar surface area (TPSA) is 48.8 Å². The highest BCUT2D eigenvalue weighted by atomic mass is 35.5. The van der Waals surface area contributed by atoms with Crippen molar-refractivity contribution in [1.29, 1.82) is 0 Å². The van der Waals surface area contributed by atoms with E-state index < -0.39 is 0 Å². The Balaban J connectivity index is 1.41. The van der Waals surface area contributed by atoms with Gasteiger partial charge in [0, 0.05) is 21.4 Å². The molecule has 122 valence electrons. The van der Waals surface area contributed by atoms with Crippen LogP contribution >= 0.6 is 53.3 Å². The maximum atomic E-state index is 5.90. The summed E-state index contributed by atoms with van der Waals surface area (Å²) in [5.74, 6) is 0. The van der Waals surface area contributed by atoms with Gasteiger partial charge in [0.15, 0.2) is 10.3 Å². The van der Waals surface area contributed by atoms with Crippen molar-refractivity contribution in [2.75, 3.05) is 10.6 Å². The third-order valence-electron chi connectivity index (χ3n) is 3.04. The zero-order valence-electron chi connectivity index (χ0n) is 12.0. The average Bonchev–Trinajstić information content (AvgIpc) is 3.10. The molecule has 0 saturated carbocycles. The molecule has 2 aromatic carbocycles. The van der Waals surface area contributed by atoms with Gasteiger partial charge >= 0.3 is 0 Å². The summed E-state index contributed by atoms with van der Waals surface area (Å²) >= 11 is 11.8. The SMILES string of the molecule is Clc1ccc(NC2=NC3=S(S2)SC(Nc2ccc(Cl)cc2)=N3)cc1. The molecule has 2 aliphatic rings. The molecule has 0 saturated heterocycles. The monoisotopic (exact) mass is 412 g/mol. The number of halogens is 2. The fraction of sp³-hybridized carbons (Fsp3) is 0. The fourth-order valence-corrected chi connectivity index (χ4v) is 7.49. The molecular formula is C15H10Cl2N4S3. The summed E-state index contributed by atoms with van der Waals surface area (Å²) < 4.78 is 0. The lowest BCUT2D eigenvalue weighted by Crippen LogP contribution is -2.08. The summed E-state index contributed by atoms with van der Waals surface area (Å²) in [6.07, 6.45) is 0. The largest absolute Gasteiger partial charge is 0.334 e. The molecule has 0 aliphatic carbocycles. The second kappa shape index (κ2) is 7.01. The number of hydrogen-bond donors (Lipinski definition) is 2. The smallest absolute Gasteiger partial charge is 0.203 e. The van der Waals surface area contributed by atoms with Crippen LogP contribution in [0.1, 0.15) is 0 Å².